The third kappa shape index (κ3) is 4.76. The van der Waals surface area contributed by atoms with Gasteiger partial charge in [0, 0.05) is 10.2 Å². The summed E-state index contributed by atoms with van der Waals surface area (Å²) < 4.78 is 0.577. The van der Waals surface area contributed by atoms with E-state index in [1.165, 1.54) is 17.8 Å². The van der Waals surface area contributed by atoms with Crippen molar-refractivity contribution in [2.45, 2.75) is 12.5 Å². The lowest BCUT2D eigenvalue weighted by molar-refractivity contribution is -0.139. The standard InChI is InChI=1S/C12H15BrN2O3S/c1-19-5-4-10(12(17)18)15-11(16)8-6-7(14)2-3-9(8)13/h2-3,6,10H,4-5,14H2,1H3,(H,15,16)(H,17,18). The first-order valence-electron chi connectivity index (χ1n) is 5.53. The van der Waals surface area contributed by atoms with Gasteiger partial charge in [0.05, 0.1) is 5.56 Å². The molecule has 1 atom stereocenters. The number of nitrogen functional groups attached to an aromatic ring is 1. The monoisotopic (exact) mass is 346 g/mol. The van der Waals surface area contributed by atoms with E-state index in [9.17, 15) is 9.59 Å². The number of amides is 1. The highest BCUT2D eigenvalue weighted by Crippen LogP contribution is 2.19. The summed E-state index contributed by atoms with van der Waals surface area (Å²) in [7, 11) is 0. The van der Waals surface area contributed by atoms with Gasteiger partial charge in [0.2, 0.25) is 0 Å². The Morgan fingerprint density at radius 1 is 1.53 bits per heavy atom. The van der Waals surface area contributed by atoms with Gasteiger partial charge < -0.3 is 16.2 Å². The topological polar surface area (TPSA) is 92.4 Å². The lowest BCUT2D eigenvalue weighted by atomic mass is 10.1. The van der Waals surface area contributed by atoms with Gasteiger partial charge in [-0.1, -0.05) is 0 Å². The first-order chi connectivity index (χ1) is 8.95. The first kappa shape index (κ1) is 15.8. The van der Waals surface area contributed by atoms with Crippen molar-refractivity contribution in [1.29, 1.82) is 0 Å². The maximum Gasteiger partial charge on any atom is 0.326 e. The molecular formula is C12H15BrN2O3S. The summed E-state index contributed by atoms with van der Waals surface area (Å²) in [6, 6.07) is 3.92. The van der Waals surface area contributed by atoms with Gasteiger partial charge in [-0.2, -0.15) is 11.8 Å². The Bertz CT molecular complexity index is 482. The predicted molar refractivity (Wildman–Crippen MR) is 80.4 cm³/mol. The highest BCUT2D eigenvalue weighted by molar-refractivity contribution is 9.10. The molecule has 0 bridgehead atoms. The first-order valence-corrected chi connectivity index (χ1v) is 7.72. The van der Waals surface area contributed by atoms with E-state index in [2.05, 4.69) is 21.2 Å². The van der Waals surface area contributed by atoms with Crippen LogP contribution in [0, 0.1) is 0 Å². The number of benzene rings is 1. The number of nitrogens with two attached hydrogens (primary N) is 1. The van der Waals surface area contributed by atoms with Crippen LogP contribution in [0.3, 0.4) is 0 Å². The van der Waals surface area contributed by atoms with E-state index in [4.69, 9.17) is 10.8 Å². The summed E-state index contributed by atoms with van der Waals surface area (Å²) in [4.78, 5) is 23.1. The number of anilines is 1. The number of hydrogen-bond acceptors (Lipinski definition) is 4. The summed E-state index contributed by atoms with van der Waals surface area (Å²) in [5.41, 5.74) is 6.39. The highest BCUT2D eigenvalue weighted by atomic mass is 79.9. The fraction of sp³-hybridized carbons (Fsp3) is 0.333. The largest absolute Gasteiger partial charge is 0.480 e. The average molecular weight is 347 g/mol. The number of rotatable bonds is 6. The summed E-state index contributed by atoms with van der Waals surface area (Å²) in [5, 5.41) is 11.6. The van der Waals surface area contributed by atoms with Crippen molar-refractivity contribution in [3.05, 3.63) is 28.2 Å². The van der Waals surface area contributed by atoms with E-state index < -0.39 is 17.9 Å². The Hall–Kier alpha value is -1.21. The van der Waals surface area contributed by atoms with Gasteiger partial charge in [-0.25, -0.2) is 4.79 Å². The van der Waals surface area contributed by atoms with Gasteiger partial charge in [-0.15, -0.1) is 0 Å². The Morgan fingerprint density at radius 2 is 2.21 bits per heavy atom. The van der Waals surface area contributed by atoms with E-state index in [1.807, 2.05) is 6.26 Å². The second-order valence-electron chi connectivity index (χ2n) is 3.89. The quantitative estimate of drug-likeness (QED) is 0.684. The number of hydrogen-bond donors (Lipinski definition) is 3. The van der Waals surface area contributed by atoms with Crippen LogP contribution in [0.4, 0.5) is 5.69 Å². The van der Waals surface area contributed by atoms with Crippen LogP contribution in [-0.4, -0.2) is 35.0 Å². The molecule has 1 aromatic carbocycles. The molecule has 1 rings (SSSR count). The van der Waals surface area contributed by atoms with E-state index in [0.29, 0.717) is 27.9 Å². The zero-order valence-electron chi connectivity index (χ0n) is 10.4. The van der Waals surface area contributed by atoms with Gasteiger partial charge in [0.1, 0.15) is 6.04 Å². The molecular weight excluding hydrogens is 332 g/mol. The summed E-state index contributed by atoms with van der Waals surface area (Å²) in [6.07, 6.45) is 2.26. The molecule has 104 valence electrons. The van der Waals surface area contributed by atoms with Gasteiger partial charge in [-0.05, 0) is 52.6 Å². The van der Waals surface area contributed by atoms with Gasteiger partial charge in [0.15, 0.2) is 0 Å². The fourth-order valence-electron chi connectivity index (χ4n) is 1.45. The Labute approximate surface area is 124 Å². The van der Waals surface area contributed by atoms with Gasteiger partial charge >= 0.3 is 5.97 Å². The maximum absolute atomic E-state index is 12.0. The zero-order valence-corrected chi connectivity index (χ0v) is 12.8. The van der Waals surface area contributed by atoms with Crippen molar-refractivity contribution < 1.29 is 14.7 Å². The molecule has 1 unspecified atom stereocenters. The van der Waals surface area contributed by atoms with Crippen molar-refractivity contribution in [3.63, 3.8) is 0 Å². The molecule has 19 heavy (non-hydrogen) atoms. The van der Waals surface area contributed by atoms with Crippen molar-refractivity contribution >= 4 is 45.3 Å². The molecule has 0 spiro atoms. The van der Waals surface area contributed by atoms with Crippen molar-refractivity contribution in [2.24, 2.45) is 0 Å². The molecule has 0 saturated heterocycles. The molecule has 0 radical (unpaired) electrons. The second-order valence-corrected chi connectivity index (χ2v) is 5.72. The lowest BCUT2D eigenvalue weighted by Gasteiger charge is -2.14. The normalized spacial score (nSPS) is 11.9. The summed E-state index contributed by atoms with van der Waals surface area (Å²) in [6.45, 7) is 0. The number of aliphatic carboxylic acids is 1. The van der Waals surface area contributed by atoms with Gasteiger partial charge in [-0.3, -0.25) is 4.79 Å². The molecule has 5 nitrogen and oxygen atoms in total. The van der Waals surface area contributed by atoms with E-state index in [0.717, 1.165) is 0 Å². The number of carboxylic acid groups (broad SMARTS) is 1. The van der Waals surface area contributed by atoms with E-state index >= 15 is 0 Å². The molecule has 0 saturated carbocycles. The molecule has 0 aliphatic heterocycles. The van der Waals surface area contributed by atoms with Crippen LogP contribution in [0.1, 0.15) is 16.8 Å². The molecule has 0 aliphatic rings. The van der Waals surface area contributed by atoms with E-state index in [-0.39, 0.29) is 0 Å². The molecule has 4 N–H and O–H groups in total. The van der Waals surface area contributed by atoms with Crippen LogP contribution in [0.2, 0.25) is 0 Å². The highest BCUT2D eigenvalue weighted by Gasteiger charge is 2.21. The Balaban J connectivity index is 2.81. The smallest absolute Gasteiger partial charge is 0.326 e. The average Bonchev–Trinajstić information content (AvgIpc) is 2.36. The van der Waals surface area contributed by atoms with Crippen molar-refractivity contribution in [3.8, 4) is 0 Å². The molecule has 1 aromatic rings. The number of thioether (sulfide) groups is 1. The van der Waals surface area contributed by atoms with Crippen molar-refractivity contribution in [2.75, 3.05) is 17.7 Å². The van der Waals surface area contributed by atoms with Crippen LogP contribution < -0.4 is 11.1 Å². The molecule has 0 aliphatic carbocycles. The predicted octanol–water partition coefficient (Wildman–Crippen LogP) is 1.97. The number of carboxylic acids is 1. The lowest BCUT2D eigenvalue weighted by Crippen LogP contribution is -2.41. The van der Waals surface area contributed by atoms with Gasteiger partial charge in [0.25, 0.3) is 5.91 Å². The molecule has 7 heteroatoms. The van der Waals surface area contributed by atoms with Crippen LogP contribution in [0.5, 0.6) is 0 Å². The minimum absolute atomic E-state index is 0.329. The number of nitrogens with one attached hydrogen (secondary N) is 1. The van der Waals surface area contributed by atoms with Crippen LogP contribution >= 0.6 is 27.7 Å². The number of carbonyl (C=O) groups is 2. The SMILES string of the molecule is CSCCC(NC(=O)c1cc(N)ccc1Br)C(=O)O. The zero-order chi connectivity index (χ0) is 14.4. The number of carbonyl (C=O) groups excluding carboxylic acids is 1. The summed E-state index contributed by atoms with van der Waals surface area (Å²) >= 11 is 4.77. The second kappa shape index (κ2) is 7.40. The Kier molecular flexibility index (Phi) is 6.17. The molecule has 0 heterocycles. The molecule has 1 amide bonds. The summed E-state index contributed by atoms with van der Waals surface area (Å²) in [5.74, 6) is -0.829. The third-order valence-electron chi connectivity index (χ3n) is 2.45. The Morgan fingerprint density at radius 3 is 2.79 bits per heavy atom. The molecule has 0 fully saturated rings. The van der Waals surface area contributed by atoms with Crippen LogP contribution in [0.25, 0.3) is 0 Å². The van der Waals surface area contributed by atoms with Crippen LogP contribution in [0.15, 0.2) is 22.7 Å². The maximum atomic E-state index is 12.0. The van der Waals surface area contributed by atoms with Crippen molar-refractivity contribution in [1.82, 2.24) is 5.32 Å². The van der Waals surface area contributed by atoms with E-state index in [1.54, 1.807) is 12.1 Å². The fourth-order valence-corrected chi connectivity index (χ4v) is 2.34. The minimum Gasteiger partial charge on any atom is -0.480 e. The third-order valence-corrected chi connectivity index (χ3v) is 3.78. The molecule has 0 aromatic heterocycles. The van der Waals surface area contributed by atoms with Crippen LogP contribution in [-0.2, 0) is 4.79 Å². The number of halogens is 1. The minimum atomic E-state index is -1.04.